The molecule has 1 aromatic heterocycles. The molecule has 2 rings (SSSR count). The third-order valence-corrected chi connectivity index (χ3v) is 1.66. The molecule has 0 atom stereocenters. The van der Waals surface area contributed by atoms with Crippen molar-refractivity contribution in [2.24, 2.45) is 0 Å². The number of halogens is 1. The van der Waals surface area contributed by atoms with Crippen LogP contribution in [0, 0.1) is 0 Å². The summed E-state index contributed by atoms with van der Waals surface area (Å²) in [5.74, 6) is 0. The van der Waals surface area contributed by atoms with E-state index in [1.807, 2.05) is 30.5 Å². The predicted molar refractivity (Wildman–Crippen MR) is 53.4 cm³/mol. The minimum absolute atomic E-state index is 0. The summed E-state index contributed by atoms with van der Waals surface area (Å²) in [6.45, 7) is 0. The van der Waals surface area contributed by atoms with Gasteiger partial charge in [0.1, 0.15) is 0 Å². The molecule has 62 valence electrons. The Morgan fingerprint density at radius 3 is 2.75 bits per heavy atom. The number of nitrogens with two attached hydrogens (primary N) is 1. The van der Waals surface area contributed by atoms with E-state index in [4.69, 9.17) is 5.73 Å². The lowest BCUT2D eigenvalue weighted by Gasteiger charge is -1.96. The fourth-order valence-corrected chi connectivity index (χ4v) is 1.10. The molecular formula is C9H9ClN2. The maximum absolute atomic E-state index is 5.60. The zero-order chi connectivity index (χ0) is 7.68. The van der Waals surface area contributed by atoms with Crippen molar-refractivity contribution in [3.05, 3.63) is 36.7 Å². The van der Waals surface area contributed by atoms with Crippen LogP contribution < -0.4 is 5.73 Å². The molecular weight excluding hydrogens is 172 g/mol. The zero-order valence-corrected chi connectivity index (χ0v) is 7.21. The van der Waals surface area contributed by atoms with E-state index in [-0.39, 0.29) is 12.4 Å². The van der Waals surface area contributed by atoms with Crippen LogP contribution in [-0.4, -0.2) is 4.98 Å². The summed E-state index contributed by atoms with van der Waals surface area (Å²) in [6, 6.07) is 7.77. The normalized spacial score (nSPS) is 9.33. The zero-order valence-electron chi connectivity index (χ0n) is 6.40. The van der Waals surface area contributed by atoms with Crippen LogP contribution in [0.4, 0.5) is 5.69 Å². The number of aromatic nitrogens is 1. The van der Waals surface area contributed by atoms with Crippen LogP contribution >= 0.6 is 12.4 Å². The van der Waals surface area contributed by atoms with Crippen LogP contribution in [0.1, 0.15) is 0 Å². The molecule has 2 aromatic rings. The fraction of sp³-hybridized carbons (Fsp3) is 0. The topological polar surface area (TPSA) is 38.9 Å². The average molecular weight is 181 g/mol. The van der Waals surface area contributed by atoms with E-state index in [0.717, 1.165) is 11.1 Å². The quantitative estimate of drug-likeness (QED) is 0.632. The number of hydrogen-bond acceptors (Lipinski definition) is 2. The van der Waals surface area contributed by atoms with Gasteiger partial charge in [0.05, 0.1) is 0 Å². The molecule has 2 N–H and O–H groups in total. The van der Waals surface area contributed by atoms with E-state index in [0.29, 0.717) is 0 Å². The number of rotatable bonds is 0. The highest BCUT2D eigenvalue weighted by atomic mass is 35.5. The van der Waals surface area contributed by atoms with Crippen LogP contribution in [0.2, 0.25) is 0 Å². The Morgan fingerprint density at radius 2 is 1.92 bits per heavy atom. The third-order valence-electron chi connectivity index (χ3n) is 1.66. The SMILES string of the molecule is Cl.Nc1ccc2ccncc2c1. The summed E-state index contributed by atoms with van der Waals surface area (Å²) in [4.78, 5) is 4.00. The maximum atomic E-state index is 5.60. The van der Waals surface area contributed by atoms with Crippen molar-refractivity contribution in [3.63, 3.8) is 0 Å². The highest BCUT2D eigenvalue weighted by Crippen LogP contribution is 2.14. The lowest BCUT2D eigenvalue weighted by Crippen LogP contribution is -1.83. The van der Waals surface area contributed by atoms with E-state index in [2.05, 4.69) is 4.98 Å². The molecule has 0 aliphatic rings. The van der Waals surface area contributed by atoms with Crippen molar-refractivity contribution in [2.75, 3.05) is 5.73 Å². The second-order valence-corrected chi connectivity index (χ2v) is 2.48. The van der Waals surface area contributed by atoms with Crippen LogP contribution in [0.15, 0.2) is 36.7 Å². The van der Waals surface area contributed by atoms with Crippen LogP contribution in [0.5, 0.6) is 0 Å². The number of nitrogen functional groups attached to an aromatic ring is 1. The molecule has 0 bridgehead atoms. The summed E-state index contributed by atoms with van der Waals surface area (Å²) in [7, 11) is 0. The Kier molecular flexibility index (Phi) is 2.51. The molecule has 2 nitrogen and oxygen atoms in total. The van der Waals surface area contributed by atoms with Crippen molar-refractivity contribution < 1.29 is 0 Å². The standard InChI is InChI=1S/C9H8N2.ClH/c10-9-2-1-7-3-4-11-6-8(7)5-9;/h1-6H,10H2;1H. The maximum Gasteiger partial charge on any atom is 0.0347 e. The molecule has 0 aliphatic carbocycles. The summed E-state index contributed by atoms with van der Waals surface area (Å²) < 4.78 is 0. The van der Waals surface area contributed by atoms with E-state index >= 15 is 0 Å². The second-order valence-electron chi connectivity index (χ2n) is 2.48. The Balaban J connectivity index is 0.000000720. The van der Waals surface area contributed by atoms with Crippen LogP contribution in [-0.2, 0) is 0 Å². The van der Waals surface area contributed by atoms with Gasteiger partial charge in [-0.15, -0.1) is 12.4 Å². The monoisotopic (exact) mass is 180 g/mol. The molecule has 12 heavy (non-hydrogen) atoms. The van der Waals surface area contributed by atoms with Gasteiger partial charge in [0.15, 0.2) is 0 Å². The first kappa shape index (κ1) is 8.81. The Morgan fingerprint density at radius 1 is 1.08 bits per heavy atom. The predicted octanol–water partition coefficient (Wildman–Crippen LogP) is 2.24. The number of benzene rings is 1. The first-order valence-electron chi connectivity index (χ1n) is 3.45. The molecule has 0 aliphatic heterocycles. The van der Waals surface area contributed by atoms with E-state index in [9.17, 15) is 0 Å². The third kappa shape index (κ3) is 1.48. The van der Waals surface area contributed by atoms with Crippen molar-refractivity contribution in [1.82, 2.24) is 4.98 Å². The Labute approximate surface area is 76.8 Å². The van der Waals surface area contributed by atoms with Crippen LogP contribution in [0.25, 0.3) is 10.8 Å². The van der Waals surface area contributed by atoms with E-state index in [1.165, 1.54) is 5.39 Å². The van der Waals surface area contributed by atoms with E-state index in [1.54, 1.807) is 6.20 Å². The first-order valence-corrected chi connectivity index (χ1v) is 3.45. The van der Waals surface area contributed by atoms with Gasteiger partial charge in [0.2, 0.25) is 0 Å². The van der Waals surface area contributed by atoms with Gasteiger partial charge < -0.3 is 5.73 Å². The number of anilines is 1. The van der Waals surface area contributed by atoms with Gasteiger partial charge in [-0.2, -0.15) is 0 Å². The van der Waals surface area contributed by atoms with Gasteiger partial charge in [0.25, 0.3) is 0 Å². The van der Waals surface area contributed by atoms with Gasteiger partial charge in [-0.3, -0.25) is 4.98 Å². The van der Waals surface area contributed by atoms with Crippen molar-refractivity contribution >= 4 is 28.9 Å². The van der Waals surface area contributed by atoms with Crippen LogP contribution in [0.3, 0.4) is 0 Å². The highest BCUT2D eigenvalue weighted by Gasteiger charge is 1.90. The molecule has 0 spiro atoms. The van der Waals surface area contributed by atoms with Gasteiger partial charge in [-0.1, -0.05) is 6.07 Å². The summed E-state index contributed by atoms with van der Waals surface area (Å²) >= 11 is 0. The Bertz CT molecular complexity index is 387. The van der Waals surface area contributed by atoms with Crippen molar-refractivity contribution in [3.8, 4) is 0 Å². The van der Waals surface area contributed by atoms with Gasteiger partial charge >= 0.3 is 0 Å². The smallest absolute Gasteiger partial charge is 0.0347 e. The molecule has 0 saturated heterocycles. The van der Waals surface area contributed by atoms with Gasteiger partial charge in [-0.05, 0) is 23.6 Å². The van der Waals surface area contributed by atoms with Gasteiger partial charge in [0, 0.05) is 23.5 Å². The highest BCUT2D eigenvalue weighted by molar-refractivity contribution is 5.85. The molecule has 0 fully saturated rings. The molecule has 3 heteroatoms. The summed E-state index contributed by atoms with van der Waals surface area (Å²) in [6.07, 6.45) is 3.59. The largest absolute Gasteiger partial charge is 0.399 e. The number of fused-ring (bicyclic) bond motifs is 1. The Hall–Kier alpha value is -1.28. The number of pyridine rings is 1. The molecule has 0 unspecified atom stereocenters. The molecule has 0 radical (unpaired) electrons. The molecule has 0 saturated carbocycles. The summed E-state index contributed by atoms with van der Waals surface area (Å²) in [5, 5.41) is 2.27. The number of nitrogens with zero attached hydrogens (tertiary/aromatic N) is 1. The first-order chi connectivity index (χ1) is 5.36. The lowest BCUT2D eigenvalue weighted by atomic mass is 10.2. The summed E-state index contributed by atoms with van der Waals surface area (Å²) in [5.41, 5.74) is 6.38. The van der Waals surface area contributed by atoms with Crippen molar-refractivity contribution in [1.29, 1.82) is 0 Å². The average Bonchev–Trinajstić information content (AvgIpc) is 2.04. The molecule has 1 aromatic carbocycles. The fourth-order valence-electron chi connectivity index (χ4n) is 1.10. The number of hydrogen-bond donors (Lipinski definition) is 1. The minimum Gasteiger partial charge on any atom is -0.399 e. The van der Waals surface area contributed by atoms with Gasteiger partial charge in [-0.25, -0.2) is 0 Å². The minimum atomic E-state index is 0. The van der Waals surface area contributed by atoms with Crippen molar-refractivity contribution in [2.45, 2.75) is 0 Å². The van der Waals surface area contributed by atoms with E-state index < -0.39 is 0 Å². The molecule has 0 amide bonds. The second kappa shape index (κ2) is 3.41. The molecule has 1 heterocycles. The lowest BCUT2D eigenvalue weighted by molar-refractivity contribution is 1.36.